The summed E-state index contributed by atoms with van der Waals surface area (Å²) in [5.74, 6) is 0.900. The number of methoxy groups -OCH3 is 1. The molecule has 1 atom stereocenters. The first-order valence-corrected chi connectivity index (χ1v) is 8.29. The second-order valence-electron chi connectivity index (χ2n) is 5.82. The molecule has 0 N–H and O–H groups in total. The van der Waals surface area contributed by atoms with E-state index in [1.54, 1.807) is 7.11 Å². The highest BCUT2D eigenvalue weighted by atomic mass is 35.5. The Labute approximate surface area is 137 Å². The molecule has 3 heteroatoms. The molecule has 116 valence electrons. The van der Waals surface area contributed by atoms with Gasteiger partial charge in [0.1, 0.15) is 5.75 Å². The molecule has 2 nitrogen and oxygen atoms in total. The lowest BCUT2D eigenvalue weighted by Crippen LogP contribution is -2.34. The average Bonchev–Trinajstić information content (AvgIpc) is 2.58. The predicted octanol–water partition coefficient (Wildman–Crippen LogP) is 4.92. The molecule has 3 rings (SSSR count). The van der Waals surface area contributed by atoms with Crippen LogP contribution in [0.1, 0.15) is 36.4 Å². The Balaban J connectivity index is 1.95. The molecule has 2 aromatic carbocycles. The Morgan fingerprint density at radius 3 is 1.95 bits per heavy atom. The number of halogens is 1. The number of nitrogens with zero attached hydrogens (tertiary/aromatic N) is 1. The van der Waals surface area contributed by atoms with Gasteiger partial charge in [0.15, 0.2) is 0 Å². The first-order chi connectivity index (χ1) is 10.8. The van der Waals surface area contributed by atoms with Crippen LogP contribution in [-0.2, 0) is 0 Å². The molecule has 0 amide bonds. The van der Waals surface area contributed by atoms with Crippen LogP contribution < -0.4 is 4.74 Å². The lowest BCUT2D eigenvalue weighted by atomic mass is 9.95. The molecule has 0 aliphatic carbocycles. The highest BCUT2D eigenvalue weighted by molar-refractivity contribution is 6.30. The number of hydrogen-bond acceptors (Lipinski definition) is 2. The SMILES string of the molecule is COc1ccc(C(c2ccc(Cl)cc2)N2CCCCC2)cc1. The molecule has 1 heterocycles. The van der Waals surface area contributed by atoms with Crippen LogP contribution in [-0.4, -0.2) is 25.1 Å². The van der Waals surface area contributed by atoms with Crippen LogP contribution in [0.2, 0.25) is 5.02 Å². The Bertz CT molecular complexity index is 588. The summed E-state index contributed by atoms with van der Waals surface area (Å²) in [4.78, 5) is 2.58. The van der Waals surface area contributed by atoms with Crippen molar-refractivity contribution in [3.8, 4) is 5.75 Å². The zero-order chi connectivity index (χ0) is 15.4. The molecule has 22 heavy (non-hydrogen) atoms. The van der Waals surface area contributed by atoms with E-state index in [-0.39, 0.29) is 0 Å². The maximum Gasteiger partial charge on any atom is 0.118 e. The minimum Gasteiger partial charge on any atom is -0.497 e. The van der Waals surface area contributed by atoms with Crippen molar-refractivity contribution in [2.45, 2.75) is 25.3 Å². The Morgan fingerprint density at radius 1 is 0.864 bits per heavy atom. The van der Waals surface area contributed by atoms with Gasteiger partial charge < -0.3 is 4.74 Å². The molecule has 2 aromatic rings. The zero-order valence-corrected chi connectivity index (χ0v) is 13.7. The third-order valence-electron chi connectivity index (χ3n) is 4.37. The van der Waals surface area contributed by atoms with Gasteiger partial charge in [-0.3, -0.25) is 4.90 Å². The van der Waals surface area contributed by atoms with Crippen LogP contribution in [0.25, 0.3) is 0 Å². The van der Waals surface area contributed by atoms with Crippen molar-refractivity contribution in [2.24, 2.45) is 0 Å². The van der Waals surface area contributed by atoms with Crippen LogP contribution in [0, 0.1) is 0 Å². The fourth-order valence-corrected chi connectivity index (χ4v) is 3.35. The molecule has 0 radical (unpaired) electrons. The van der Waals surface area contributed by atoms with E-state index < -0.39 is 0 Å². The third-order valence-corrected chi connectivity index (χ3v) is 4.63. The van der Waals surface area contributed by atoms with Gasteiger partial charge in [-0.2, -0.15) is 0 Å². The summed E-state index contributed by atoms with van der Waals surface area (Å²) in [6.45, 7) is 2.30. The largest absolute Gasteiger partial charge is 0.497 e. The van der Waals surface area contributed by atoms with Crippen molar-refractivity contribution in [3.05, 3.63) is 64.7 Å². The third kappa shape index (κ3) is 3.45. The number of rotatable bonds is 4. The molecular formula is C19H22ClNO. The predicted molar refractivity (Wildman–Crippen MR) is 91.7 cm³/mol. The van der Waals surface area contributed by atoms with Gasteiger partial charge >= 0.3 is 0 Å². The Morgan fingerprint density at radius 2 is 1.41 bits per heavy atom. The number of ether oxygens (including phenoxy) is 1. The second-order valence-corrected chi connectivity index (χ2v) is 6.26. The van der Waals surface area contributed by atoms with Gasteiger partial charge in [-0.15, -0.1) is 0 Å². The number of benzene rings is 2. The summed E-state index contributed by atoms with van der Waals surface area (Å²) < 4.78 is 5.28. The summed E-state index contributed by atoms with van der Waals surface area (Å²) in [6.07, 6.45) is 3.90. The molecule has 0 spiro atoms. The van der Waals surface area contributed by atoms with Gasteiger partial charge in [-0.1, -0.05) is 42.3 Å². The number of hydrogen-bond donors (Lipinski definition) is 0. The zero-order valence-electron chi connectivity index (χ0n) is 13.0. The number of piperidine rings is 1. The van der Waals surface area contributed by atoms with E-state index in [0.29, 0.717) is 6.04 Å². The van der Waals surface area contributed by atoms with Gasteiger partial charge in [-0.25, -0.2) is 0 Å². The fourth-order valence-electron chi connectivity index (χ4n) is 3.22. The molecule has 1 unspecified atom stereocenters. The fraction of sp³-hybridized carbons (Fsp3) is 0.368. The van der Waals surface area contributed by atoms with Crippen LogP contribution in [0.5, 0.6) is 5.75 Å². The van der Waals surface area contributed by atoms with E-state index in [9.17, 15) is 0 Å². The van der Waals surface area contributed by atoms with Crippen molar-refractivity contribution < 1.29 is 4.74 Å². The minimum atomic E-state index is 0.295. The molecule has 1 aliphatic heterocycles. The van der Waals surface area contributed by atoms with Gasteiger partial charge in [0.2, 0.25) is 0 Å². The summed E-state index contributed by atoms with van der Waals surface area (Å²) >= 11 is 6.06. The molecule has 1 saturated heterocycles. The minimum absolute atomic E-state index is 0.295. The van der Waals surface area contributed by atoms with Crippen LogP contribution >= 0.6 is 11.6 Å². The average molecular weight is 316 g/mol. The normalized spacial score (nSPS) is 17.2. The molecular weight excluding hydrogens is 294 g/mol. The van der Waals surface area contributed by atoms with Gasteiger partial charge in [0, 0.05) is 5.02 Å². The summed E-state index contributed by atoms with van der Waals surface area (Å²) in [5.41, 5.74) is 2.61. The Kier molecular flexibility index (Phi) is 5.01. The molecule has 0 aromatic heterocycles. The highest BCUT2D eigenvalue weighted by Crippen LogP contribution is 2.32. The van der Waals surface area contributed by atoms with E-state index in [1.165, 1.54) is 30.4 Å². The number of likely N-dealkylation sites (tertiary alicyclic amines) is 1. The topological polar surface area (TPSA) is 12.5 Å². The van der Waals surface area contributed by atoms with Crippen molar-refractivity contribution in [2.75, 3.05) is 20.2 Å². The van der Waals surface area contributed by atoms with E-state index in [2.05, 4.69) is 29.2 Å². The van der Waals surface area contributed by atoms with Crippen LogP contribution in [0.3, 0.4) is 0 Å². The maximum absolute atomic E-state index is 6.06. The van der Waals surface area contributed by atoms with Crippen molar-refractivity contribution in [1.82, 2.24) is 4.90 Å². The van der Waals surface area contributed by atoms with Gasteiger partial charge in [0.25, 0.3) is 0 Å². The molecule has 1 aliphatic rings. The summed E-state index contributed by atoms with van der Waals surface area (Å²) in [7, 11) is 1.70. The van der Waals surface area contributed by atoms with Crippen molar-refractivity contribution in [3.63, 3.8) is 0 Å². The second kappa shape index (κ2) is 7.17. The van der Waals surface area contributed by atoms with E-state index in [1.807, 2.05) is 24.3 Å². The highest BCUT2D eigenvalue weighted by Gasteiger charge is 2.23. The van der Waals surface area contributed by atoms with Gasteiger partial charge in [-0.05, 0) is 61.3 Å². The van der Waals surface area contributed by atoms with Crippen LogP contribution in [0.15, 0.2) is 48.5 Å². The molecule has 0 saturated carbocycles. The molecule has 0 bridgehead atoms. The van der Waals surface area contributed by atoms with Gasteiger partial charge in [0.05, 0.1) is 13.2 Å². The van der Waals surface area contributed by atoms with Crippen molar-refractivity contribution >= 4 is 11.6 Å². The first-order valence-electron chi connectivity index (χ1n) is 7.91. The van der Waals surface area contributed by atoms with E-state index in [0.717, 1.165) is 23.9 Å². The smallest absolute Gasteiger partial charge is 0.118 e. The molecule has 1 fully saturated rings. The van der Waals surface area contributed by atoms with Crippen molar-refractivity contribution in [1.29, 1.82) is 0 Å². The monoisotopic (exact) mass is 315 g/mol. The van der Waals surface area contributed by atoms with E-state index in [4.69, 9.17) is 16.3 Å². The van der Waals surface area contributed by atoms with Crippen LogP contribution in [0.4, 0.5) is 0 Å². The maximum atomic E-state index is 6.06. The standard InChI is InChI=1S/C19H22ClNO/c1-22-18-11-7-16(8-12-18)19(21-13-3-2-4-14-21)15-5-9-17(20)10-6-15/h5-12,19H,2-4,13-14H2,1H3. The lowest BCUT2D eigenvalue weighted by molar-refractivity contribution is 0.187. The summed E-state index contributed by atoms with van der Waals surface area (Å²) in [6, 6.07) is 17.0. The Hall–Kier alpha value is -1.51. The quantitative estimate of drug-likeness (QED) is 0.793. The lowest BCUT2D eigenvalue weighted by Gasteiger charge is -2.35. The summed E-state index contributed by atoms with van der Waals surface area (Å²) in [5, 5.41) is 0.788. The first kappa shape index (κ1) is 15.4. The van der Waals surface area contributed by atoms with E-state index >= 15 is 0 Å².